The Bertz CT molecular complexity index is 1860. The molecule has 0 aliphatic rings. The summed E-state index contributed by atoms with van der Waals surface area (Å²) in [7, 11) is 3.24. The normalized spacial score (nSPS) is 11.4. The average Bonchev–Trinajstić information content (AvgIpc) is 3.26. The Morgan fingerprint density at radius 1 is 1.00 bits per heavy atom. The van der Waals surface area contributed by atoms with Crippen LogP contribution in [-0.2, 0) is 16.1 Å². The molecule has 0 radical (unpaired) electrons. The van der Waals surface area contributed by atoms with Crippen LogP contribution >= 0.6 is 12.4 Å². The second-order valence-corrected chi connectivity index (χ2v) is 9.95. The Labute approximate surface area is 265 Å². The van der Waals surface area contributed by atoms with Crippen molar-refractivity contribution in [3.8, 4) is 22.9 Å². The van der Waals surface area contributed by atoms with Crippen LogP contribution in [0.2, 0.25) is 0 Å². The quantitative estimate of drug-likeness (QED) is 0.201. The third-order valence-corrected chi connectivity index (χ3v) is 6.82. The SMILES string of the molecule is CNCC(=O)OC(C)Cn1c(C)c(C(=O)Nc2ccc(Oc3ccnc4cc(OC)ccc34)cn2)c(=O)n1-c1ccccc1.Cl. The number of benzene rings is 2. The number of ether oxygens (including phenoxy) is 3. The second-order valence-electron chi connectivity index (χ2n) is 9.95. The lowest BCUT2D eigenvalue weighted by atomic mass is 10.2. The van der Waals surface area contributed by atoms with Crippen molar-refractivity contribution in [3.05, 3.63) is 101 Å². The molecule has 1 amide bonds. The lowest BCUT2D eigenvalue weighted by Gasteiger charge is -2.18. The van der Waals surface area contributed by atoms with Crippen LogP contribution < -0.4 is 25.7 Å². The molecule has 0 aliphatic heterocycles. The monoisotopic (exact) mass is 632 g/mol. The number of fused-ring (bicyclic) bond motifs is 1. The van der Waals surface area contributed by atoms with Gasteiger partial charge in [0.15, 0.2) is 0 Å². The van der Waals surface area contributed by atoms with E-state index in [-0.39, 0.29) is 36.9 Å². The molecule has 0 spiro atoms. The van der Waals surface area contributed by atoms with E-state index in [1.54, 1.807) is 81.3 Å². The Morgan fingerprint density at radius 2 is 1.76 bits per heavy atom. The molecule has 5 rings (SSSR count). The van der Waals surface area contributed by atoms with Gasteiger partial charge in [-0.25, -0.2) is 9.67 Å². The first-order chi connectivity index (χ1) is 21.3. The molecular formula is C32H33ClN6O6. The highest BCUT2D eigenvalue weighted by molar-refractivity contribution is 6.04. The molecule has 12 nitrogen and oxygen atoms in total. The van der Waals surface area contributed by atoms with Crippen LogP contribution in [0.15, 0.2) is 83.9 Å². The zero-order chi connectivity index (χ0) is 31.2. The zero-order valence-electron chi connectivity index (χ0n) is 25.1. The fourth-order valence-electron chi connectivity index (χ4n) is 4.78. The van der Waals surface area contributed by atoms with Gasteiger partial charge in [0.25, 0.3) is 11.5 Å². The van der Waals surface area contributed by atoms with Crippen molar-refractivity contribution in [2.45, 2.75) is 26.5 Å². The highest BCUT2D eigenvalue weighted by atomic mass is 35.5. The molecule has 2 N–H and O–H groups in total. The number of anilines is 1. The number of nitrogens with zero attached hydrogens (tertiary/aromatic N) is 4. The van der Waals surface area contributed by atoms with Gasteiger partial charge in [-0.3, -0.25) is 24.0 Å². The van der Waals surface area contributed by atoms with Gasteiger partial charge in [-0.15, -0.1) is 12.4 Å². The largest absolute Gasteiger partial charge is 0.497 e. The van der Waals surface area contributed by atoms with Gasteiger partial charge < -0.3 is 24.8 Å². The molecule has 2 aromatic carbocycles. The Morgan fingerprint density at radius 3 is 2.44 bits per heavy atom. The molecule has 234 valence electrons. The summed E-state index contributed by atoms with van der Waals surface area (Å²) in [5, 5.41) is 6.27. The number of methoxy groups -OCH3 is 1. The molecule has 1 unspecified atom stereocenters. The summed E-state index contributed by atoms with van der Waals surface area (Å²) in [5.74, 6) is 0.909. The van der Waals surface area contributed by atoms with Crippen molar-refractivity contribution in [3.63, 3.8) is 0 Å². The van der Waals surface area contributed by atoms with Gasteiger partial charge in [-0.05, 0) is 63.4 Å². The smallest absolute Gasteiger partial charge is 0.320 e. The van der Waals surface area contributed by atoms with E-state index in [0.29, 0.717) is 34.1 Å². The van der Waals surface area contributed by atoms with Crippen LogP contribution in [0.1, 0.15) is 23.0 Å². The van der Waals surface area contributed by atoms with Crippen LogP contribution in [0.3, 0.4) is 0 Å². The lowest BCUT2D eigenvalue weighted by Crippen LogP contribution is -2.30. The number of rotatable bonds is 11. The minimum atomic E-state index is -0.619. The van der Waals surface area contributed by atoms with E-state index in [4.69, 9.17) is 14.2 Å². The topological polar surface area (TPSA) is 139 Å². The van der Waals surface area contributed by atoms with Crippen molar-refractivity contribution in [1.29, 1.82) is 0 Å². The Hall–Kier alpha value is -5.20. The van der Waals surface area contributed by atoms with Crippen LogP contribution in [0.25, 0.3) is 16.6 Å². The number of hydrogen-bond acceptors (Lipinski definition) is 9. The predicted octanol–water partition coefficient (Wildman–Crippen LogP) is 4.52. The molecule has 0 fully saturated rings. The van der Waals surface area contributed by atoms with E-state index in [9.17, 15) is 14.4 Å². The third-order valence-electron chi connectivity index (χ3n) is 6.82. The van der Waals surface area contributed by atoms with E-state index < -0.39 is 23.5 Å². The summed E-state index contributed by atoms with van der Waals surface area (Å²) in [6.07, 6.45) is 2.55. The van der Waals surface area contributed by atoms with E-state index >= 15 is 0 Å². The fraction of sp³-hybridized carbons (Fsp3) is 0.219. The van der Waals surface area contributed by atoms with Crippen LogP contribution in [0.4, 0.5) is 5.82 Å². The number of esters is 1. The number of hydrogen-bond donors (Lipinski definition) is 2. The second kappa shape index (κ2) is 14.5. The number of amides is 1. The molecule has 13 heteroatoms. The van der Waals surface area contributed by atoms with Gasteiger partial charge in [0.2, 0.25) is 0 Å². The first-order valence-electron chi connectivity index (χ1n) is 13.9. The van der Waals surface area contributed by atoms with Crippen molar-refractivity contribution >= 4 is 41.0 Å². The first-order valence-corrected chi connectivity index (χ1v) is 13.9. The van der Waals surface area contributed by atoms with E-state index in [2.05, 4.69) is 20.6 Å². The van der Waals surface area contributed by atoms with Crippen molar-refractivity contribution in [2.24, 2.45) is 0 Å². The van der Waals surface area contributed by atoms with Crippen molar-refractivity contribution < 1.29 is 23.8 Å². The van der Waals surface area contributed by atoms with Crippen LogP contribution in [-0.4, -0.2) is 58.0 Å². The third kappa shape index (κ3) is 7.31. The van der Waals surface area contributed by atoms with E-state index in [1.165, 1.54) is 10.9 Å². The number of nitrogens with one attached hydrogen (secondary N) is 2. The van der Waals surface area contributed by atoms with Crippen LogP contribution in [0.5, 0.6) is 17.2 Å². The number of para-hydroxylation sites is 1. The maximum Gasteiger partial charge on any atom is 0.320 e. The van der Waals surface area contributed by atoms with E-state index in [1.807, 2.05) is 24.3 Å². The summed E-state index contributed by atoms with van der Waals surface area (Å²) in [4.78, 5) is 47.8. The first kappa shape index (κ1) is 32.7. The summed E-state index contributed by atoms with van der Waals surface area (Å²) in [5.41, 5.74) is 1.13. The van der Waals surface area contributed by atoms with Crippen molar-refractivity contribution in [2.75, 3.05) is 26.0 Å². The van der Waals surface area contributed by atoms with Gasteiger partial charge in [-0.1, -0.05) is 18.2 Å². The average molecular weight is 633 g/mol. The summed E-state index contributed by atoms with van der Waals surface area (Å²) in [6, 6.07) is 19.5. The zero-order valence-corrected chi connectivity index (χ0v) is 26.0. The van der Waals surface area contributed by atoms with Crippen LogP contribution in [0, 0.1) is 6.92 Å². The molecule has 0 aliphatic carbocycles. The number of pyridine rings is 2. The molecule has 0 saturated carbocycles. The van der Waals surface area contributed by atoms with Gasteiger partial charge in [-0.2, -0.15) is 0 Å². The Kier molecular flexibility index (Phi) is 10.6. The predicted molar refractivity (Wildman–Crippen MR) is 172 cm³/mol. The van der Waals surface area contributed by atoms with E-state index in [0.717, 1.165) is 5.39 Å². The van der Waals surface area contributed by atoms with Gasteiger partial charge in [0, 0.05) is 17.6 Å². The number of carbonyl (C=O) groups excluding carboxylic acids is 2. The Balaban J connectivity index is 0.00000461. The summed E-state index contributed by atoms with van der Waals surface area (Å²) < 4.78 is 19.8. The molecule has 3 aromatic heterocycles. The minimum Gasteiger partial charge on any atom is -0.497 e. The highest BCUT2D eigenvalue weighted by Gasteiger charge is 2.25. The molecular weight excluding hydrogens is 600 g/mol. The lowest BCUT2D eigenvalue weighted by molar-refractivity contribution is -0.147. The number of halogens is 1. The fourth-order valence-corrected chi connectivity index (χ4v) is 4.78. The maximum absolute atomic E-state index is 13.7. The molecule has 45 heavy (non-hydrogen) atoms. The molecule has 3 heterocycles. The summed E-state index contributed by atoms with van der Waals surface area (Å²) >= 11 is 0. The van der Waals surface area contributed by atoms with Gasteiger partial charge in [0.1, 0.15) is 34.7 Å². The number of likely N-dealkylation sites (N-methyl/N-ethyl adjacent to an activating group) is 1. The maximum atomic E-state index is 13.7. The number of carbonyl (C=O) groups is 2. The standard InChI is InChI=1S/C32H32N6O6.ClH/c1-20(43-29(39)18-33-3)19-37-21(2)30(32(41)38(37)22-8-6-5-7-9-22)31(40)36-28-13-11-24(17-35-28)44-27-14-15-34-26-16-23(42-4)10-12-25(26)27;/h5-17,20,33H,18-19H2,1-4H3,(H,35,36,40);1H. The number of aromatic nitrogens is 4. The van der Waals surface area contributed by atoms with Crippen molar-refractivity contribution in [1.82, 2.24) is 24.6 Å². The molecule has 5 aromatic rings. The minimum absolute atomic E-state index is 0. The molecule has 1 atom stereocenters. The highest BCUT2D eigenvalue weighted by Crippen LogP contribution is 2.30. The summed E-state index contributed by atoms with van der Waals surface area (Å²) in [6.45, 7) is 3.61. The van der Waals surface area contributed by atoms with Gasteiger partial charge >= 0.3 is 5.97 Å². The molecule has 0 bridgehead atoms. The van der Waals surface area contributed by atoms with Gasteiger partial charge in [0.05, 0.1) is 43.3 Å². The molecule has 0 saturated heterocycles.